The maximum absolute atomic E-state index is 13.6. The molecule has 0 bridgehead atoms. The van der Waals surface area contributed by atoms with Gasteiger partial charge in [0.1, 0.15) is 11.6 Å². The number of amides is 1. The van der Waals surface area contributed by atoms with Crippen LogP contribution in [-0.4, -0.2) is 46.2 Å². The highest BCUT2D eigenvalue weighted by Crippen LogP contribution is 2.18. The molecule has 8 heteroatoms. The molecule has 1 N–H and O–H groups in total. The van der Waals surface area contributed by atoms with Crippen LogP contribution >= 0.6 is 11.6 Å². The molecule has 0 unspecified atom stereocenters. The van der Waals surface area contributed by atoms with Crippen LogP contribution in [0.5, 0.6) is 0 Å². The second-order valence-electron chi connectivity index (χ2n) is 6.62. The molecule has 2 aromatic carbocycles. The van der Waals surface area contributed by atoms with E-state index in [0.29, 0.717) is 17.4 Å². The number of carbonyl (C=O) groups is 1. The van der Waals surface area contributed by atoms with E-state index in [-0.39, 0.29) is 23.6 Å². The molecular formula is C20H21ClFN5O. The van der Waals surface area contributed by atoms with E-state index in [1.54, 1.807) is 41.9 Å². The molecule has 3 rings (SSSR count). The number of nitrogens with zero attached hydrogens (tertiary/aromatic N) is 4. The van der Waals surface area contributed by atoms with Gasteiger partial charge >= 0.3 is 0 Å². The first-order chi connectivity index (χ1) is 13.3. The summed E-state index contributed by atoms with van der Waals surface area (Å²) in [4.78, 5) is 18.7. The summed E-state index contributed by atoms with van der Waals surface area (Å²) in [7, 11) is 3.75. The molecule has 1 amide bonds. The summed E-state index contributed by atoms with van der Waals surface area (Å²) in [5.74, 6) is -0.0419. The van der Waals surface area contributed by atoms with Crippen LogP contribution in [-0.2, 0) is 0 Å². The number of hydrogen-bond donors (Lipinski definition) is 1. The molecule has 0 spiro atoms. The van der Waals surface area contributed by atoms with Gasteiger partial charge in [-0.25, -0.2) is 14.1 Å². The summed E-state index contributed by atoms with van der Waals surface area (Å²) in [5.41, 5.74) is 1.54. The highest BCUT2D eigenvalue weighted by atomic mass is 35.5. The maximum Gasteiger partial charge on any atom is 0.291 e. The Morgan fingerprint density at radius 3 is 2.61 bits per heavy atom. The van der Waals surface area contributed by atoms with E-state index in [4.69, 9.17) is 11.6 Å². The monoisotopic (exact) mass is 401 g/mol. The van der Waals surface area contributed by atoms with E-state index in [0.717, 1.165) is 11.3 Å². The van der Waals surface area contributed by atoms with Crippen LogP contribution in [0, 0.1) is 12.7 Å². The van der Waals surface area contributed by atoms with Crippen LogP contribution in [0.2, 0.25) is 5.02 Å². The lowest BCUT2D eigenvalue weighted by Gasteiger charge is -2.24. The molecule has 0 aliphatic rings. The Hall–Kier alpha value is -2.77. The molecule has 0 saturated heterocycles. The number of rotatable bonds is 6. The van der Waals surface area contributed by atoms with Crippen LogP contribution < -0.4 is 5.32 Å². The van der Waals surface area contributed by atoms with Crippen molar-refractivity contribution in [1.29, 1.82) is 0 Å². The van der Waals surface area contributed by atoms with Crippen molar-refractivity contribution in [3.8, 4) is 5.69 Å². The minimum Gasteiger partial charge on any atom is -0.347 e. The highest BCUT2D eigenvalue weighted by Gasteiger charge is 2.19. The molecule has 28 heavy (non-hydrogen) atoms. The van der Waals surface area contributed by atoms with Crippen molar-refractivity contribution in [2.75, 3.05) is 20.6 Å². The van der Waals surface area contributed by atoms with Crippen molar-refractivity contribution in [2.24, 2.45) is 0 Å². The number of aromatic nitrogens is 3. The molecule has 3 aromatic rings. The van der Waals surface area contributed by atoms with Gasteiger partial charge in [0.05, 0.1) is 11.7 Å². The smallest absolute Gasteiger partial charge is 0.291 e. The second-order valence-corrected chi connectivity index (χ2v) is 7.05. The van der Waals surface area contributed by atoms with E-state index >= 15 is 0 Å². The number of benzene rings is 2. The van der Waals surface area contributed by atoms with E-state index in [2.05, 4.69) is 15.4 Å². The van der Waals surface area contributed by atoms with Crippen LogP contribution in [0.25, 0.3) is 5.69 Å². The van der Waals surface area contributed by atoms with Crippen molar-refractivity contribution in [1.82, 2.24) is 25.0 Å². The van der Waals surface area contributed by atoms with Gasteiger partial charge in [-0.1, -0.05) is 23.7 Å². The summed E-state index contributed by atoms with van der Waals surface area (Å²) >= 11 is 5.91. The van der Waals surface area contributed by atoms with Crippen LogP contribution in [0.15, 0.2) is 48.5 Å². The topological polar surface area (TPSA) is 63.1 Å². The molecule has 0 aliphatic carbocycles. The summed E-state index contributed by atoms with van der Waals surface area (Å²) < 4.78 is 15.1. The second kappa shape index (κ2) is 8.50. The predicted molar refractivity (Wildman–Crippen MR) is 106 cm³/mol. The number of hydrogen-bond acceptors (Lipinski definition) is 4. The first-order valence-corrected chi connectivity index (χ1v) is 9.12. The summed E-state index contributed by atoms with van der Waals surface area (Å²) in [6.07, 6.45) is 0. The Balaban J connectivity index is 1.74. The molecule has 1 atom stereocenters. The van der Waals surface area contributed by atoms with E-state index in [9.17, 15) is 9.18 Å². The molecular weight excluding hydrogens is 381 g/mol. The summed E-state index contributed by atoms with van der Waals surface area (Å²) in [6, 6.07) is 13.3. The zero-order chi connectivity index (χ0) is 20.3. The Morgan fingerprint density at radius 1 is 1.25 bits per heavy atom. The van der Waals surface area contributed by atoms with Crippen LogP contribution in [0.3, 0.4) is 0 Å². The van der Waals surface area contributed by atoms with Gasteiger partial charge in [-0.05, 0) is 63.0 Å². The predicted octanol–water partition coefficient (Wildman–Crippen LogP) is 3.40. The molecule has 0 saturated carbocycles. The van der Waals surface area contributed by atoms with Gasteiger partial charge in [0.2, 0.25) is 5.82 Å². The molecule has 1 heterocycles. The van der Waals surface area contributed by atoms with Crippen molar-refractivity contribution < 1.29 is 9.18 Å². The maximum atomic E-state index is 13.6. The summed E-state index contributed by atoms with van der Waals surface area (Å²) in [6.45, 7) is 2.07. The Kier molecular flexibility index (Phi) is 6.06. The molecule has 0 fully saturated rings. The molecule has 146 valence electrons. The zero-order valence-electron chi connectivity index (χ0n) is 15.9. The largest absolute Gasteiger partial charge is 0.347 e. The molecule has 6 nitrogen and oxygen atoms in total. The normalized spacial score (nSPS) is 12.2. The fraction of sp³-hybridized carbons (Fsp3) is 0.250. The third-order valence-corrected chi connectivity index (χ3v) is 4.61. The molecule has 0 radical (unpaired) electrons. The van der Waals surface area contributed by atoms with Crippen LogP contribution in [0.1, 0.15) is 28.0 Å². The van der Waals surface area contributed by atoms with Gasteiger partial charge in [0.25, 0.3) is 5.91 Å². The average molecular weight is 402 g/mol. The van der Waals surface area contributed by atoms with Gasteiger partial charge < -0.3 is 10.2 Å². The Labute approximate surface area is 168 Å². The molecule has 1 aromatic heterocycles. The quantitative estimate of drug-likeness (QED) is 0.687. The van der Waals surface area contributed by atoms with Gasteiger partial charge in [-0.2, -0.15) is 0 Å². The number of aryl methyl sites for hydroxylation is 1. The van der Waals surface area contributed by atoms with Gasteiger partial charge in [-0.3, -0.25) is 4.79 Å². The SMILES string of the molecule is Cc1nc(C(=O)NC[C@H](c2cccc(F)c2)N(C)C)nn1-c1ccc(Cl)cc1. The lowest BCUT2D eigenvalue weighted by molar-refractivity contribution is 0.0931. The molecule has 0 aliphatic heterocycles. The van der Waals surface area contributed by atoms with Crippen molar-refractivity contribution in [3.63, 3.8) is 0 Å². The summed E-state index contributed by atoms with van der Waals surface area (Å²) in [5, 5.41) is 7.75. The van der Waals surface area contributed by atoms with Crippen molar-refractivity contribution in [2.45, 2.75) is 13.0 Å². The fourth-order valence-electron chi connectivity index (χ4n) is 2.89. The van der Waals surface area contributed by atoms with E-state index < -0.39 is 0 Å². The lowest BCUT2D eigenvalue weighted by Crippen LogP contribution is -2.35. The lowest BCUT2D eigenvalue weighted by atomic mass is 10.1. The number of likely N-dealkylation sites (N-methyl/N-ethyl adjacent to an activating group) is 1. The average Bonchev–Trinajstić information content (AvgIpc) is 3.04. The third kappa shape index (κ3) is 4.55. The fourth-order valence-corrected chi connectivity index (χ4v) is 3.02. The minimum absolute atomic E-state index is 0.0733. The standard InChI is InChI=1S/C20H21ClFN5O/c1-13-24-19(25-27(13)17-9-7-15(21)8-10-17)20(28)23-12-18(26(2)3)14-5-4-6-16(22)11-14/h4-11,18H,12H2,1-3H3,(H,23,28)/t18-/m1/s1. The van der Waals surface area contributed by atoms with E-state index in [1.807, 2.05) is 25.1 Å². The van der Waals surface area contributed by atoms with Crippen molar-refractivity contribution >= 4 is 17.5 Å². The van der Waals surface area contributed by atoms with Gasteiger partial charge in [0, 0.05) is 11.6 Å². The zero-order valence-corrected chi connectivity index (χ0v) is 16.6. The first-order valence-electron chi connectivity index (χ1n) is 8.75. The number of carbonyl (C=O) groups excluding carboxylic acids is 1. The Bertz CT molecular complexity index is 971. The van der Waals surface area contributed by atoms with Crippen molar-refractivity contribution in [3.05, 3.63) is 76.6 Å². The van der Waals surface area contributed by atoms with E-state index in [1.165, 1.54) is 12.1 Å². The van der Waals surface area contributed by atoms with Gasteiger partial charge in [0.15, 0.2) is 0 Å². The number of halogens is 2. The third-order valence-electron chi connectivity index (χ3n) is 4.36. The Morgan fingerprint density at radius 2 is 1.96 bits per heavy atom. The minimum atomic E-state index is -0.390. The number of nitrogens with one attached hydrogen (secondary N) is 1. The van der Waals surface area contributed by atoms with Crippen LogP contribution in [0.4, 0.5) is 4.39 Å². The first kappa shape index (κ1) is 20.0. The van der Waals surface area contributed by atoms with Gasteiger partial charge in [-0.15, -0.1) is 5.10 Å². The highest BCUT2D eigenvalue weighted by molar-refractivity contribution is 6.30.